The molecule has 2 aromatic rings. The first-order valence-corrected chi connectivity index (χ1v) is 11.0. The summed E-state index contributed by atoms with van der Waals surface area (Å²) in [5.74, 6) is -0.129. The summed E-state index contributed by atoms with van der Waals surface area (Å²) < 4.78 is 10.0. The van der Waals surface area contributed by atoms with Crippen LogP contribution in [0.4, 0.5) is 14.7 Å². The molecule has 164 valence electrons. The highest BCUT2D eigenvalue weighted by Gasteiger charge is 2.16. The number of rotatable bonds is 7. The normalized spacial score (nSPS) is 10.9. The largest absolute Gasteiger partial charge is 0.448 e. The van der Waals surface area contributed by atoms with Gasteiger partial charge in [-0.1, -0.05) is 0 Å². The number of ether oxygens (including phenoxy) is 2. The highest BCUT2D eigenvalue weighted by atomic mass is 32.1. The van der Waals surface area contributed by atoms with Gasteiger partial charge in [-0.05, 0) is 45.7 Å². The smallest absolute Gasteiger partial charge is 0.426 e. The van der Waals surface area contributed by atoms with E-state index >= 15 is 0 Å². The van der Waals surface area contributed by atoms with Crippen LogP contribution in [0.3, 0.4) is 0 Å². The zero-order valence-corrected chi connectivity index (χ0v) is 19.0. The first kappa shape index (κ1) is 23.6. The second-order valence-electron chi connectivity index (χ2n) is 7.33. The van der Waals surface area contributed by atoms with Gasteiger partial charge in [0.15, 0.2) is 5.13 Å². The summed E-state index contributed by atoms with van der Waals surface area (Å²) in [6, 6.07) is 4.05. The van der Waals surface area contributed by atoms with Crippen molar-refractivity contribution in [2.45, 2.75) is 52.6 Å². The van der Waals surface area contributed by atoms with E-state index in [1.165, 1.54) is 23.1 Å². The number of nitrogens with one attached hydrogen (secondary N) is 3. The lowest BCUT2D eigenvalue weighted by molar-refractivity contribution is -0.114. The van der Waals surface area contributed by atoms with E-state index in [0.29, 0.717) is 11.6 Å². The minimum absolute atomic E-state index is 0.129. The Hall–Kier alpha value is -2.66. The number of hydrogen-bond acceptors (Lipinski definition) is 8. The van der Waals surface area contributed by atoms with Crippen LogP contribution in [0.5, 0.6) is 0 Å². The molecule has 30 heavy (non-hydrogen) atoms. The molecule has 0 saturated heterocycles. The second kappa shape index (κ2) is 10.9. The molecule has 0 atom stereocenters. The number of aryl methyl sites for hydroxylation is 2. The Morgan fingerprint density at radius 1 is 1.03 bits per heavy atom. The van der Waals surface area contributed by atoms with Crippen molar-refractivity contribution in [3.63, 3.8) is 0 Å². The molecule has 3 N–H and O–H groups in total. The van der Waals surface area contributed by atoms with Gasteiger partial charge in [0.1, 0.15) is 5.60 Å². The van der Waals surface area contributed by atoms with E-state index in [1.807, 2.05) is 17.5 Å². The van der Waals surface area contributed by atoms with Crippen molar-refractivity contribution in [3.8, 4) is 0 Å². The molecule has 11 heteroatoms. The number of carbonyl (C=O) groups excluding carboxylic acids is 3. The lowest BCUT2D eigenvalue weighted by Gasteiger charge is -2.19. The zero-order valence-electron chi connectivity index (χ0n) is 17.4. The molecule has 0 unspecified atom stereocenters. The number of aromatic nitrogens is 1. The summed E-state index contributed by atoms with van der Waals surface area (Å²) in [6.45, 7) is 6.81. The molecular weight excluding hydrogens is 428 g/mol. The average molecular weight is 455 g/mol. The quantitative estimate of drug-likeness (QED) is 0.550. The van der Waals surface area contributed by atoms with Gasteiger partial charge in [-0.15, -0.1) is 22.7 Å². The van der Waals surface area contributed by atoms with Gasteiger partial charge in [0.05, 0.1) is 12.3 Å². The third-order valence-corrected chi connectivity index (χ3v) is 5.44. The molecule has 0 saturated carbocycles. The number of thiazole rings is 1. The van der Waals surface area contributed by atoms with E-state index in [9.17, 15) is 14.4 Å². The molecule has 2 aromatic heterocycles. The summed E-state index contributed by atoms with van der Waals surface area (Å²) in [4.78, 5) is 40.8. The molecule has 0 radical (unpaired) electrons. The predicted molar refractivity (Wildman–Crippen MR) is 116 cm³/mol. The number of nitrogens with zero attached hydrogens (tertiary/aromatic N) is 1. The fourth-order valence-corrected chi connectivity index (χ4v) is 4.05. The third kappa shape index (κ3) is 9.23. The summed E-state index contributed by atoms with van der Waals surface area (Å²) in [5, 5.41) is 5.23. The lowest BCUT2D eigenvalue weighted by Crippen LogP contribution is -2.44. The van der Waals surface area contributed by atoms with E-state index in [0.717, 1.165) is 23.4 Å². The number of carbonyl (C=O) groups is 3. The van der Waals surface area contributed by atoms with Gasteiger partial charge in [0, 0.05) is 28.5 Å². The molecule has 2 rings (SSSR count). The van der Waals surface area contributed by atoms with Crippen LogP contribution >= 0.6 is 22.7 Å². The molecule has 0 aliphatic rings. The van der Waals surface area contributed by atoms with Crippen molar-refractivity contribution in [1.82, 2.24) is 15.8 Å². The van der Waals surface area contributed by atoms with Crippen molar-refractivity contribution < 1.29 is 23.9 Å². The molecule has 0 aromatic carbocycles. The molecular formula is C19H26N4O5S2. The molecule has 3 amide bonds. The number of anilines is 1. The number of hydrazine groups is 1. The molecule has 0 spiro atoms. The Balaban J connectivity index is 1.65. The van der Waals surface area contributed by atoms with Crippen LogP contribution in [-0.4, -0.2) is 35.3 Å². The van der Waals surface area contributed by atoms with Crippen molar-refractivity contribution in [2.75, 3.05) is 11.9 Å². The minimum atomic E-state index is -0.758. The minimum Gasteiger partial charge on any atom is -0.448 e. The van der Waals surface area contributed by atoms with E-state index in [-0.39, 0.29) is 12.5 Å². The molecule has 2 heterocycles. The van der Waals surface area contributed by atoms with Gasteiger partial charge < -0.3 is 14.8 Å². The van der Waals surface area contributed by atoms with Gasteiger partial charge in [-0.25, -0.2) is 25.4 Å². The van der Waals surface area contributed by atoms with Crippen LogP contribution in [0.2, 0.25) is 0 Å². The Morgan fingerprint density at radius 3 is 2.37 bits per heavy atom. The highest BCUT2D eigenvalue weighted by Crippen LogP contribution is 2.21. The van der Waals surface area contributed by atoms with Crippen LogP contribution < -0.4 is 16.2 Å². The van der Waals surface area contributed by atoms with Crippen molar-refractivity contribution in [2.24, 2.45) is 0 Å². The van der Waals surface area contributed by atoms with Crippen molar-refractivity contribution in [1.29, 1.82) is 0 Å². The molecule has 0 aliphatic carbocycles. The topological polar surface area (TPSA) is 119 Å². The Morgan fingerprint density at radius 2 is 1.70 bits per heavy atom. The maximum atomic E-state index is 11.6. The summed E-state index contributed by atoms with van der Waals surface area (Å²) in [5.41, 5.74) is 4.55. The second-order valence-corrected chi connectivity index (χ2v) is 9.44. The Bertz CT molecular complexity index is 872. The van der Waals surface area contributed by atoms with Crippen molar-refractivity contribution >= 4 is 45.9 Å². The van der Waals surface area contributed by atoms with Gasteiger partial charge in [-0.2, -0.15) is 0 Å². The van der Waals surface area contributed by atoms with Crippen LogP contribution in [0.25, 0.3) is 0 Å². The first-order valence-electron chi connectivity index (χ1n) is 9.32. The van der Waals surface area contributed by atoms with E-state index in [2.05, 4.69) is 21.2 Å². The number of hydrogen-bond donors (Lipinski definition) is 3. The van der Waals surface area contributed by atoms with Gasteiger partial charge in [0.25, 0.3) is 0 Å². The SMILES string of the molecule is CC(=O)Nc1nc(CCc2ccc(CCOC(=O)NNC(=O)OC(C)(C)C)s2)cs1. The number of amides is 3. The van der Waals surface area contributed by atoms with Gasteiger partial charge >= 0.3 is 12.2 Å². The lowest BCUT2D eigenvalue weighted by atomic mass is 10.2. The molecule has 0 fully saturated rings. The monoisotopic (exact) mass is 454 g/mol. The van der Waals surface area contributed by atoms with Crippen LogP contribution in [-0.2, 0) is 33.5 Å². The molecule has 9 nitrogen and oxygen atoms in total. The maximum absolute atomic E-state index is 11.6. The van der Waals surface area contributed by atoms with E-state index in [1.54, 1.807) is 32.1 Å². The summed E-state index contributed by atoms with van der Waals surface area (Å²) in [7, 11) is 0. The van der Waals surface area contributed by atoms with Crippen molar-refractivity contribution in [3.05, 3.63) is 33.0 Å². The molecule has 0 aliphatic heterocycles. The summed E-state index contributed by atoms with van der Waals surface area (Å²) >= 11 is 3.06. The fraction of sp³-hybridized carbons (Fsp3) is 0.474. The molecule has 0 bridgehead atoms. The standard InChI is InChI=1S/C19H26N4O5S2/c1-12(24)20-16-21-13(11-29-16)5-6-14-7-8-15(30-14)9-10-27-17(25)22-23-18(26)28-19(2,3)4/h7-8,11H,5-6,9-10H2,1-4H3,(H,22,25)(H,23,26)(H,20,21,24). The number of thiophene rings is 1. The Kier molecular flexibility index (Phi) is 8.60. The predicted octanol–water partition coefficient (Wildman–Crippen LogP) is 3.66. The van der Waals surface area contributed by atoms with Gasteiger partial charge in [-0.3, -0.25) is 4.79 Å². The third-order valence-electron chi connectivity index (χ3n) is 3.43. The van der Waals surface area contributed by atoms with E-state index in [4.69, 9.17) is 9.47 Å². The van der Waals surface area contributed by atoms with Gasteiger partial charge in [0.2, 0.25) is 5.91 Å². The maximum Gasteiger partial charge on any atom is 0.426 e. The van der Waals surface area contributed by atoms with Crippen LogP contribution in [0.1, 0.15) is 43.1 Å². The van der Waals surface area contributed by atoms with Crippen LogP contribution in [0.15, 0.2) is 17.5 Å². The fourth-order valence-electron chi connectivity index (χ4n) is 2.26. The summed E-state index contributed by atoms with van der Waals surface area (Å²) in [6.07, 6.45) is 0.691. The highest BCUT2D eigenvalue weighted by molar-refractivity contribution is 7.14. The zero-order chi connectivity index (χ0) is 22.1. The van der Waals surface area contributed by atoms with Crippen LogP contribution in [0, 0.1) is 0 Å². The first-order chi connectivity index (χ1) is 14.1. The van der Waals surface area contributed by atoms with E-state index < -0.39 is 17.8 Å². The Labute approximate surface area is 183 Å². The average Bonchev–Trinajstić information content (AvgIpc) is 3.25.